The molecule has 2 nitrogen and oxygen atoms in total. The number of hydrogen-bond acceptors (Lipinski definition) is 2. The van der Waals surface area contributed by atoms with Gasteiger partial charge in [-0.3, -0.25) is 4.90 Å². The Hall–Kier alpha value is -0.0800. The fourth-order valence-electron chi connectivity index (χ4n) is 5.00. The van der Waals surface area contributed by atoms with Crippen LogP contribution in [-0.2, 0) is 0 Å². The van der Waals surface area contributed by atoms with Crippen LogP contribution in [0.1, 0.15) is 64.7 Å². The summed E-state index contributed by atoms with van der Waals surface area (Å²) in [6, 6.07) is 1.40. The number of hydrogen-bond donors (Lipinski definition) is 1. The summed E-state index contributed by atoms with van der Waals surface area (Å²) in [7, 11) is 0. The van der Waals surface area contributed by atoms with E-state index in [0.717, 1.165) is 23.8 Å². The van der Waals surface area contributed by atoms with Gasteiger partial charge in [-0.05, 0) is 62.8 Å². The van der Waals surface area contributed by atoms with Gasteiger partial charge in [-0.2, -0.15) is 0 Å². The monoisotopic (exact) mass is 264 g/mol. The van der Waals surface area contributed by atoms with Gasteiger partial charge in [-0.1, -0.05) is 26.2 Å². The molecule has 0 bridgehead atoms. The normalized spacial score (nSPS) is 44.2. The summed E-state index contributed by atoms with van der Waals surface area (Å²) in [5, 5.41) is 0. The van der Waals surface area contributed by atoms with Gasteiger partial charge in [0.1, 0.15) is 0 Å². The molecule has 0 amide bonds. The molecule has 5 atom stereocenters. The highest BCUT2D eigenvalue weighted by molar-refractivity contribution is 4.93. The molecular formula is C17H32N2. The van der Waals surface area contributed by atoms with Gasteiger partial charge in [-0.25, -0.2) is 0 Å². The summed E-state index contributed by atoms with van der Waals surface area (Å²) >= 11 is 0. The lowest BCUT2D eigenvalue weighted by Crippen LogP contribution is -2.45. The Morgan fingerprint density at radius 1 is 1.05 bits per heavy atom. The third kappa shape index (κ3) is 3.00. The van der Waals surface area contributed by atoms with Crippen LogP contribution in [0.15, 0.2) is 0 Å². The van der Waals surface area contributed by atoms with Gasteiger partial charge in [0.15, 0.2) is 0 Å². The summed E-state index contributed by atoms with van der Waals surface area (Å²) in [4.78, 5) is 2.83. The van der Waals surface area contributed by atoms with Gasteiger partial charge in [0, 0.05) is 18.6 Å². The van der Waals surface area contributed by atoms with Crippen molar-refractivity contribution in [3.63, 3.8) is 0 Å². The number of likely N-dealkylation sites (tertiary alicyclic amines) is 1. The van der Waals surface area contributed by atoms with E-state index < -0.39 is 0 Å². The first-order valence-corrected chi connectivity index (χ1v) is 8.77. The molecule has 3 fully saturated rings. The van der Waals surface area contributed by atoms with E-state index in [4.69, 9.17) is 5.73 Å². The zero-order valence-corrected chi connectivity index (χ0v) is 12.7. The van der Waals surface area contributed by atoms with Crippen molar-refractivity contribution in [2.75, 3.05) is 13.1 Å². The third-order valence-electron chi connectivity index (χ3n) is 6.32. The molecule has 0 aromatic heterocycles. The number of nitrogens with two attached hydrogens (primary N) is 1. The highest BCUT2D eigenvalue weighted by Crippen LogP contribution is 2.38. The molecule has 1 heterocycles. The third-order valence-corrected chi connectivity index (χ3v) is 6.32. The molecule has 3 aliphatic rings. The van der Waals surface area contributed by atoms with Gasteiger partial charge in [0.25, 0.3) is 0 Å². The van der Waals surface area contributed by atoms with Crippen molar-refractivity contribution in [1.29, 1.82) is 0 Å². The molecule has 19 heavy (non-hydrogen) atoms. The van der Waals surface area contributed by atoms with Crippen LogP contribution in [0.2, 0.25) is 0 Å². The fourth-order valence-corrected chi connectivity index (χ4v) is 5.00. The quantitative estimate of drug-likeness (QED) is 0.846. The molecule has 0 aromatic rings. The minimum Gasteiger partial charge on any atom is -0.327 e. The molecular weight excluding hydrogens is 232 g/mol. The largest absolute Gasteiger partial charge is 0.327 e. The predicted molar refractivity (Wildman–Crippen MR) is 81.0 cm³/mol. The average Bonchev–Trinajstić information content (AvgIpc) is 2.85. The Morgan fingerprint density at radius 3 is 2.74 bits per heavy atom. The lowest BCUT2D eigenvalue weighted by atomic mass is 9.76. The fraction of sp³-hybridized carbons (Fsp3) is 1.00. The van der Waals surface area contributed by atoms with Crippen molar-refractivity contribution in [2.24, 2.45) is 23.5 Å². The molecule has 2 heteroatoms. The highest BCUT2D eigenvalue weighted by atomic mass is 15.2. The van der Waals surface area contributed by atoms with Crippen LogP contribution in [0.3, 0.4) is 0 Å². The molecule has 1 aliphatic heterocycles. The first-order chi connectivity index (χ1) is 9.28. The lowest BCUT2D eigenvalue weighted by Gasteiger charge is -2.39. The summed E-state index contributed by atoms with van der Waals surface area (Å²) in [6.07, 6.45) is 12.8. The second-order valence-corrected chi connectivity index (χ2v) is 7.41. The molecule has 0 aromatic carbocycles. The van der Waals surface area contributed by atoms with E-state index in [1.165, 1.54) is 70.9 Å². The van der Waals surface area contributed by atoms with Crippen molar-refractivity contribution < 1.29 is 0 Å². The van der Waals surface area contributed by atoms with Gasteiger partial charge in [0.2, 0.25) is 0 Å². The summed E-state index contributed by atoms with van der Waals surface area (Å²) in [5.41, 5.74) is 6.42. The summed E-state index contributed by atoms with van der Waals surface area (Å²) in [5.74, 6) is 2.75. The summed E-state index contributed by atoms with van der Waals surface area (Å²) in [6.45, 7) is 5.01. The Morgan fingerprint density at radius 2 is 1.89 bits per heavy atom. The summed E-state index contributed by atoms with van der Waals surface area (Å²) < 4.78 is 0. The zero-order valence-electron chi connectivity index (χ0n) is 12.7. The van der Waals surface area contributed by atoms with Crippen LogP contribution < -0.4 is 5.73 Å². The molecule has 0 spiro atoms. The molecule has 2 saturated carbocycles. The zero-order chi connectivity index (χ0) is 13.2. The highest BCUT2D eigenvalue weighted by Gasteiger charge is 2.38. The Bertz CT molecular complexity index is 291. The van der Waals surface area contributed by atoms with E-state index in [0.29, 0.717) is 6.04 Å². The Kier molecular flexibility index (Phi) is 4.48. The number of fused-ring (bicyclic) bond motifs is 1. The van der Waals surface area contributed by atoms with E-state index in [1.54, 1.807) is 0 Å². The lowest BCUT2D eigenvalue weighted by molar-refractivity contribution is 0.120. The maximum Gasteiger partial charge on any atom is 0.0124 e. The molecule has 2 N–H and O–H groups in total. The molecule has 1 saturated heterocycles. The van der Waals surface area contributed by atoms with Gasteiger partial charge >= 0.3 is 0 Å². The minimum absolute atomic E-state index is 0.477. The van der Waals surface area contributed by atoms with E-state index in [1.807, 2.05) is 0 Å². The number of rotatable bonds is 3. The first-order valence-electron chi connectivity index (χ1n) is 8.77. The minimum atomic E-state index is 0.477. The van der Waals surface area contributed by atoms with Crippen LogP contribution in [0.5, 0.6) is 0 Å². The smallest absolute Gasteiger partial charge is 0.0124 e. The van der Waals surface area contributed by atoms with E-state index in [-0.39, 0.29) is 0 Å². The number of nitrogens with zero attached hydrogens (tertiary/aromatic N) is 1. The van der Waals surface area contributed by atoms with Crippen molar-refractivity contribution in [3.05, 3.63) is 0 Å². The standard InChI is InChI=1S/C17H32N2/c1-2-13-7-8-16(18)15(11-13)12-19-10-9-14-5-3-4-6-17(14)19/h13-17H,2-12,18H2,1H3. The molecule has 110 valence electrons. The van der Waals surface area contributed by atoms with E-state index in [2.05, 4.69) is 11.8 Å². The SMILES string of the molecule is CCC1CCC(N)C(CN2CCC3CCCCC32)C1. The van der Waals surface area contributed by atoms with Gasteiger partial charge in [0.05, 0.1) is 0 Å². The maximum atomic E-state index is 6.42. The topological polar surface area (TPSA) is 29.3 Å². The Labute approximate surface area is 119 Å². The molecule has 3 rings (SSSR count). The predicted octanol–water partition coefficient (Wildman–Crippen LogP) is 3.40. The maximum absolute atomic E-state index is 6.42. The van der Waals surface area contributed by atoms with E-state index in [9.17, 15) is 0 Å². The average molecular weight is 264 g/mol. The van der Waals surface area contributed by atoms with Crippen LogP contribution in [0.25, 0.3) is 0 Å². The van der Waals surface area contributed by atoms with Gasteiger partial charge < -0.3 is 5.73 Å². The van der Waals surface area contributed by atoms with Crippen molar-refractivity contribution >= 4 is 0 Å². The van der Waals surface area contributed by atoms with E-state index >= 15 is 0 Å². The second-order valence-electron chi connectivity index (χ2n) is 7.41. The van der Waals surface area contributed by atoms with Crippen molar-refractivity contribution in [3.8, 4) is 0 Å². The first kappa shape index (κ1) is 13.9. The second kappa shape index (κ2) is 6.13. The molecule has 5 unspecified atom stereocenters. The van der Waals surface area contributed by atoms with Crippen LogP contribution >= 0.6 is 0 Å². The van der Waals surface area contributed by atoms with Crippen LogP contribution in [0.4, 0.5) is 0 Å². The van der Waals surface area contributed by atoms with Crippen molar-refractivity contribution in [1.82, 2.24) is 4.90 Å². The Balaban J connectivity index is 1.57. The van der Waals surface area contributed by atoms with Gasteiger partial charge in [-0.15, -0.1) is 0 Å². The van der Waals surface area contributed by atoms with Crippen LogP contribution in [0, 0.1) is 17.8 Å². The molecule has 0 radical (unpaired) electrons. The van der Waals surface area contributed by atoms with Crippen molar-refractivity contribution in [2.45, 2.75) is 76.8 Å². The van der Waals surface area contributed by atoms with Crippen LogP contribution in [-0.4, -0.2) is 30.1 Å². The molecule has 2 aliphatic carbocycles.